The normalized spacial score (nSPS) is 53.8. The van der Waals surface area contributed by atoms with Gasteiger partial charge in [-0.1, -0.05) is 13.3 Å². The monoisotopic (exact) mass is 238 g/mol. The Kier molecular flexibility index (Phi) is 2.69. The maximum absolute atomic E-state index is 11.8. The van der Waals surface area contributed by atoms with Crippen LogP contribution in [0.5, 0.6) is 0 Å². The van der Waals surface area contributed by atoms with E-state index in [1.807, 2.05) is 6.92 Å². The number of ether oxygens (including phenoxy) is 1. The van der Waals surface area contributed by atoms with Crippen LogP contribution >= 0.6 is 0 Å². The van der Waals surface area contributed by atoms with E-state index in [-0.39, 0.29) is 24.1 Å². The van der Waals surface area contributed by atoms with Gasteiger partial charge in [0.2, 0.25) is 0 Å². The molecule has 3 rings (SSSR count). The molecule has 1 heterocycles. The first kappa shape index (κ1) is 11.5. The molecule has 1 unspecified atom stereocenters. The van der Waals surface area contributed by atoms with Crippen molar-refractivity contribution in [2.75, 3.05) is 0 Å². The zero-order valence-electron chi connectivity index (χ0n) is 10.6. The number of rotatable bonds is 0. The minimum atomic E-state index is -0.194. The predicted octanol–water partition coefficient (Wildman–Crippen LogP) is 1.98. The number of hydrogen-bond donors (Lipinski definition) is 1. The van der Waals surface area contributed by atoms with Crippen LogP contribution in [0.15, 0.2) is 0 Å². The minimum absolute atomic E-state index is 0.0226. The molecule has 7 atom stereocenters. The predicted molar refractivity (Wildman–Crippen MR) is 63.2 cm³/mol. The SMILES string of the molecule is C[C@@H]1C2[C@@H](C)OC(=O)[C@@H]2C[C@H]2[C@H]1CCC[C@@H]2O. The van der Waals surface area contributed by atoms with Gasteiger partial charge in [-0.2, -0.15) is 0 Å². The van der Waals surface area contributed by atoms with Crippen LogP contribution in [0, 0.1) is 29.6 Å². The van der Waals surface area contributed by atoms with Crippen molar-refractivity contribution in [3.8, 4) is 0 Å². The van der Waals surface area contributed by atoms with E-state index in [9.17, 15) is 9.90 Å². The van der Waals surface area contributed by atoms with Crippen LogP contribution in [0.4, 0.5) is 0 Å². The van der Waals surface area contributed by atoms with Gasteiger partial charge in [-0.25, -0.2) is 0 Å². The number of esters is 1. The van der Waals surface area contributed by atoms with E-state index in [1.165, 1.54) is 6.42 Å². The number of aliphatic hydroxyl groups is 1. The topological polar surface area (TPSA) is 46.5 Å². The summed E-state index contributed by atoms with van der Waals surface area (Å²) < 4.78 is 5.40. The van der Waals surface area contributed by atoms with E-state index >= 15 is 0 Å². The highest BCUT2D eigenvalue weighted by atomic mass is 16.6. The molecular weight excluding hydrogens is 216 g/mol. The van der Waals surface area contributed by atoms with Crippen molar-refractivity contribution in [3.05, 3.63) is 0 Å². The van der Waals surface area contributed by atoms with Crippen LogP contribution in [0.3, 0.4) is 0 Å². The van der Waals surface area contributed by atoms with Crippen LogP contribution in [0.1, 0.15) is 39.5 Å². The lowest BCUT2D eigenvalue weighted by atomic mass is 9.57. The number of fused-ring (bicyclic) bond motifs is 2. The smallest absolute Gasteiger partial charge is 0.309 e. The zero-order chi connectivity index (χ0) is 12.2. The lowest BCUT2D eigenvalue weighted by Crippen LogP contribution is -2.46. The van der Waals surface area contributed by atoms with Gasteiger partial charge in [-0.15, -0.1) is 0 Å². The molecule has 0 spiro atoms. The van der Waals surface area contributed by atoms with E-state index in [2.05, 4.69) is 6.92 Å². The zero-order valence-corrected chi connectivity index (χ0v) is 10.6. The number of aliphatic hydroxyl groups excluding tert-OH is 1. The second-order valence-electron chi connectivity index (χ2n) is 6.25. The Hall–Kier alpha value is -0.570. The van der Waals surface area contributed by atoms with Crippen LogP contribution < -0.4 is 0 Å². The quantitative estimate of drug-likeness (QED) is 0.656. The summed E-state index contributed by atoms with van der Waals surface area (Å²) in [6, 6.07) is 0. The number of carbonyl (C=O) groups excluding carboxylic acids is 1. The molecule has 96 valence electrons. The van der Waals surface area contributed by atoms with Crippen molar-refractivity contribution >= 4 is 5.97 Å². The maximum Gasteiger partial charge on any atom is 0.309 e. The molecular formula is C14H22O3. The van der Waals surface area contributed by atoms with Gasteiger partial charge in [0.25, 0.3) is 0 Å². The maximum atomic E-state index is 11.8. The van der Waals surface area contributed by atoms with Gasteiger partial charge in [-0.3, -0.25) is 4.79 Å². The Morgan fingerprint density at radius 3 is 2.76 bits per heavy atom. The fourth-order valence-corrected chi connectivity index (χ4v) is 4.72. The molecule has 1 saturated heterocycles. The van der Waals surface area contributed by atoms with Crippen molar-refractivity contribution in [3.63, 3.8) is 0 Å². The molecule has 3 heteroatoms. The summed E-state index contributed by atoms with van der Waals surface area (Å²) in [4.78, 5) is 11.8. The fourth-order valence-electron chi connectivity index (χ4n) is 4.72. The molecule has 0 bridgehead atoms. The van der Waals surface area contributed by atoms with E-state index in [0.29, 0.717) is 23.7 Å². The van der Waals surface area contributed by atoms with Crippen LogP contribution in [0.2, 0.25) is 0 Å². The average molecular weight is 238 g/mol. The van der Waals surface area contributed by atoms with Crippen molar-refractivity contribution in [1.82, 2.24) is 0 Å². The van der Waals surface area contributed by atoms with Crippen LogP contribution in [0.25, 0.3) is 0 Å². The van der Waals surface area contributed by atoms with Crippen molar-refractivity contribution in [2.24, 2.45) is 29.6 Å². The van der Waals surface area contributed by atoms with Gasteiger partial charge in [0, 0.05) is 5.92 Å². The first-order valence-electron chi connectivity index (χ1n) is 6.98. The highest BCUT2D eigenvalue weighted by molar-refractivity contribution is 5.75. The molecule has 3 aliphatic rings. The molecule has 0 aromatic heterocycles. The molecule has 3 nitrogen and oxygen atoms in total. The fraction of sp³-hybridized carbons (Fsp3) is 0.929. The van der Waals surface area contributed by atoms with Crippen molar-refractivity contribution in [1.29, 1.82) is 0 Å². The average Bonchev–Trinajstić information content (AvgIpc) is 2.57. The van der Waals surface area contributed by atoms with E-state index in [0.717, 1.165) is 19.3 Å². The Bertz CT molecular complexity index is 327. The van der Waals surface area contributed by atoms with Gasteiger partial charge < -0.3 is 9.84 Å². The summed E-state index contributed by atoms with van der Waals surface area (Å²) in [5.74, 6) is 1.85. The number of cyclic esters (lactones) is 1. The lowest BCUT2D eigenvalue weighted by Gasteiger charge is -2.47. The minimum Gasteiger partial charge on any atom is -0.462 e. The second-order valence-corrected chi connectivity index (χ2v) is 6.25. The summed E-state index contributed by atoms with van der Waals surface area (Å²) >= 11 is 0. The Labute approximate surface area is 103 Å². The largest absolute Gasteiger partial charge is 0.462 e. The third-order valence-electron chi connectivity index (χ3n) is 5.50. The molecule has 1 aliphatic heterocycles. The van der Waals surface area contributed by atoms with Gasteiger partial charge in [-0.05, 0) is 43.9 Å². The molecule has 2 aliphatic carbocycles. The Morgan fingerprint density at radius 1 is 1.24 bits per heavy atom. The Morgan fingerprint density at radius 2 is 2.00 bits per heavy atom. The lowest BCUT2D eigenvalue weighted by molar-refractivity contribution is -0.145. The summed E-state index contributed by atoms with van der Waals surface area (Å²) in [5, 5.41) is 10.1. The molecule has 17 heavy (non-hydrogen) atoms. The first-order valence-corrected chi connectivity index (χ1v) is 6.98. The summed E-state index contributed by atoms with van der Waals surface area (Å²) in [6.45, 7) is 4.28. The van der Waals surface area contributed by atoms with Crippen LogP contribution in [-0.2, 0) is 9.53 Å². The molecule has 0 aromatic rings. The van der Waals surface area contributed by atoms with Gasteiger partial charge >= 0.3 is 5.97 Å². The summed E-state index contributed by atoms with van der Waals surface area (Å²) in [7, 11) is 0. The Balaban J connectivity index is 1.88. The molecule has 0 radical (unpaired) electrons. The molecule has 3 fully saturated rings. The molecule has 1 N–H and O–H groups in total. The molecule has 0 aromatic carbocycles. The van der Waals surface area contributed by atoms with E-state index in [4.69, 9.17) is 4.74 Å². The van der Waals surface area contributed by atoms with Gasteiger partial charge in [0.05, 0.1) is 12.0 Å². The van der Waals surface area contributed by atoms with Crippen molar-refractivity contribution in [2.45, 2.75) is 51.7 Å². The van der Waals surface area contributed by atoms with Gasteiger partial charge in [0.15, 0.2) is 0 Å². The first-order chi connectivity index (χ1) is 8.09. The van der Waals surface area contributed by atoms with E-state index < -0.39 is 0 Å². The highest BCUT2D eigenvalue weighted by Crippen LogP contribution is 2.52. The number of carbonyl (C=O) groups is 1. The second kappa shape index (κ2) is 3.98. The summed E-state index contributed by atoms with van der Waals surface area (Å²) in [6.07, 6.45) is 3.99. The number of hydrogen-bond acceptors (Lipinski definition) is 3. The standard InChI is InChI=1S/C14H22O3/c1-7-9-4-3-5-12(15)10(9)6-11-13(7)8(2)17-14(11)16/h7-13,15H,3-6H2,1-2H3/t7-,8+,9-,10-,11+,12-,13?/m0/s1. The third-order valence-corrected chi connectivity index (χ3v) is 5.50. The molecule has 0 amide bonds. The van der Waals surface area contributed by atoms with Crippen LogP contribution in [-0.4, -0.2) is 23.3 Å². The van der Waals surface area contributed by atoms with E-state index in [1.54, 1.807) is 0 Å². The van der Waals surface area contributed by atoms with Crippen molar-refractivity contribution < 1.29 is 14.6 Å². The van der Waals surface area contributed by atoms with Gasteiger partial charge in [0.1, 0.15) is 6.10 Å². The highest BCUT2D eigenvalue weighted by Gasteiger charge is 2.54. The summed E-state index contributed by atoms with van der Waals surface area (Å²) in [5.41, 5.74) is 0. The molecule has 2 saturated carbocycles. The third kappa shape index (κ3) is 1.62.